The van der Waals surface area contributed by atoms with Crippen molar-refractivity contribution < 1.29 is 14.6 Å². The third-order valence-electron chi connectivity index (χ3n) is 6.71. The number of hydrogen-bond donors (Lipinski definition) is 1. The van der Waals surface area contributed by atoms with Gasteiger partial charge >= 0.3 is 5.97 Å². The van der Waals surface area contributed by atoms with Gasteiger partial charge in [-0.15, -0.1) is 0 Å². The quantitative estimate of drug-likeness (QED) is 0.302. The molecule has 0 bridgehead atoms. The highest BCUT2D eigenvalue weighted by Gasteiger charge is 2.26. The fraction of sp³-hybridized carbons (Fsp3) is 0.870. The number of hydrogen-bond acceptors (Lipinski definition) is 3. The topological polar surface area (TPSA) is 46.5 Å². The van der Waals surface area contributed by atoms with Crippen molar-refractivity contribution in [1.82, 2.24) is 0 Å². The van der Waals surface area contributed by atoms with E-state index in [0.29, 0.717) is 0 Å². The van der Waals surface area contributed by atoms with Crippen molar-refractivity contribution in [3.63, 3.8) is 0 Å². The van der Waals surface area contributed by atoms with E-state index in [1.807, 2.05) is 0 Å². The molecule has 0 saturated heterocycles. The van der Waals surface area contributed by atoms with Gasteiger partial charge in [-0.1, -0.05) is 77.7 Å². The lowest BCUT2D eigenvalue weighted by atomic mass is 9.76. The van der Waals surface area contributed by atoms with Gasteiger partial charge in [-0.3, -0.25) is 0 Å². The second-order valence-electron chi connectivity index (χ2n) is 8.77. The van der Waals surface area contributed by atoms with Crippen LogP contribution in [0.2, 0.25) is 0 Å². The van der Waals surface area contributed by atoms with Crippen LogP contribution >= 0.6 is 0 Å². The van der Waals surface area contributed by atoms with Gasteiger partial charge in [-0.05, 0) is 43.4 Å². The van der Waals surface area contributed by atoms with Crippen LogP contribution in [-0.2, 0) is 9.53 Å². The van der Waals surface area contributed by atoms with Crippen molar-refractivity contribution >= 4 is 5.97 Å². The van der Waals surface area contributed by atoms with Crippen molar-refractivity contribution in [1.29, 1.82) is 0 Å². The molecule has 3 heteroatoms. The molecule has 0 aliphatic heterocycles. The van der Waals surface area contributed by atoms with Gasteiger partial charge in [0.2, 0.25) is 0 Å². The number of carbonyl (C=O) groups excluding carboxylic acids is 1. The zero-order valence-electron chi connectivity index (χ0n) is 16.9. The summed E-state index contributed by atoms with van der Waals surface area (Å²) in [6.07, 6.45) is 18.6. The molecule has 2 fully saturated rings. The molecule has 0 aromatic heterocycles. The number of unbranched alkanes of at least 4 members (excludes halogenated alkanes) is 2. The average Bonchev–Trinajstić information content (AvgIpc) is 2.68. The maximum atomic E-state index is 11.7. The van der Waals surface area contributed by atoms with E-state index in [1.54, 1.807) is 0 Å². The van der Waals surface area contributed by atoms with Gasteiger partial charge in [0, 0.05) is 0 Å². The van der Waals surface area contributed by atoms with Crippen LogP contribution < -0.4 is 0 Å². The fourth-order valence-corrected chi connectivity index (χ4v) is 4.80. The summed E-state index contributed by atoms with van der Waals surface area (Å²) in [7, 11) is 0. The number of ether oxygens (including phenoxy) is 1. The molecule has 2 rings (SSSR count). The normalized spacial score (nSPS) is 29.3. The SMILES string of the molecule is C=C(CO)C(=O)OC1CCC(CCC2CCC(CCCCC)CC2)CC1. The lowest BCUT2D eigenvalue weighted by Gasteiger charge is -2.32. The lowest BCUT2D eigenvalue weighted by molar-refractivity contribution is -0.146. The third-order valence-corrected chi connectivity index (χ3v) is 6.71. The van der Waals surface area contributed by atoms with Gasteiger partial charge in [0.1, 0.15) is 6.10 Å². The monoisotopic (exact) mass is 364 g/mol. The first kappa shape index (κ1) is 21.5. The molecule has 1 N–H and O–H groups in total. The van der Waals surface area contributed by atoms with Crippen molar-refractivity contribution in [2.24, 2.45) is 17.8 Å². The van der Waals surface area contributed by atoms with E-state index in [1.165, 1.54) is 77.0 Å². The summed E-state index contributed by atoms with van der Waals surface area (Å²) in [6, 6.07) is 0. The van der Waals surface area contributed by atoms with E-state index in [-0.39, 0.29) is 18.3 Å². The molecule has 2 saturated carbocycles. The summed E-state index contributed by atoms with van der Waals surface area (Å²) in [5, 5.41) is 8.94. The summed E-state index contributed by atoms with van der Waals surface area (Å²) in [4.78, 5) is 11.7. The van der Waals surface area contributed by atoms with Crippen LogP contribution in [0, 0.1) is 17.8 Å². The molecule has 26 heavy (non-hydrogen) atoms. The van der Waals surface area contributed by atoms with Gasteiger partial charge in [0.15, 0.2) is 0 Å². The molecule has 150 valence electrons. The van der Waals surface area contributed by atoms with Crippen LogP contribution in [0.4, 0.5) is 0 Å². The van der Waals surface area contributed by atoms with Crippen molar-refractivity contribution in [2.45, 2.75) is 103 Å². The predicted molar refractivity (Wildman–Crippen MR) is 107 cm³/mol. The van der Waals surface area contributed by atoms with E-state index < -0.39 is 5.97 Å². The molecule has 0 aromatic carbocycles. The number of esters is 1. The summed E-state index contributed by atoms with van der Waals surface area (Å²) >= 11 is 0. The summed E-state index contributed by atoms with van der Waals surface area (Å²) < 4.78 is 5.44. The minimum absolute atomic E-state index is 0.0283. The average molecular weight is 365 g/mol. The standard InChI is InChI=1S/C23H40O3/c1-3-4-5-6-19-7-9-20(10-8-19)11-12-21-13-15-22(16-14-21)26-23(25)18(2)17-24/h19-22,24H,2-17H2,1H3. The zero-order chi connectivity index (χ0) is 18.8. The molecule has 0 atom stereocenters. The Labute approximate surface area is 160 Å². The second kappa shape index (κ2) is 11.8. The van der Waals surface area contributed by atoms with Gasteiger partial charge in [0.05, 0.1) is 12.2 Å². The molecule has 0 unspecified atom stereocenters. The number of carbonyl (C=O) groups is 1. The van der Waals surface area contributed by atoms with Crippen molar-refractivity contribution in [3.05, 3.63) is 12.2 Å². The van der Waals surface area contributed by atoms with Crippen LogP contribution in [0.1, 0.15) is 96.8 Å². The van der Waals surface area contributed by atoms with Crippen molar-refractivity contribution in [3.8, 4) is 0 Å². The Balaban J connectivity index is 1.55. The Kier molecular flexibility index (Phi) is 9.74. The Morgan fingerprint density at radius 3 is 1.88 bits per heavy atom. The van der Waals surface area contributed by atoms with E-state index in [0.717, 1.165) is 30.6 Å². The first-order valence-corrected chi connectivity index (χ1v) is 11.1. The largest absolute Gasteiger partial charge is 0.459 e. The molecule has 0 heterocycles. The minimum Gasteiger partial charge on any atom is -0.459 e. The van der Waals surface area contributed by atoms with Gasteiger partial charge in [-0.25, -0.2) is 4.79 Å². The van der Waals surface area contributed by atoms with E-state index in [2.05, 4.69) is 13.5 Å². The predicted octanol–water partition coefficient (Wildman–Crippen LogP) is 5.80. The third kappa shape index (κ3) is 7.42. The van der Waals surface area contributed by atoms with Gasteiger partial charge in [-0.2, -0.15) is 0 Å². The van der Waals surface area contributed by atoms with Crippen LogP contribution in [0.5, 0.6) is 0 Å². The number of aliphatic hydroxyl groups is 1. The minimum atomic E-state index is -0.424. The van der Waals surface area contributed by atoms with E-state index >= 15 is 0 Å². The summed E-state index contributed by atoms with van der Waals surface area (Å²) in [5.41, 5.74) is 0.164. The molecule has 2 aliphatic carbocycles. The molecular weight excluding hydrogens is 324 g/mol. The van der Waals surface area contributed by atoms with Crippen LogP contribution in [-0.4, -0.2) is 23.8 Å². The van der Waals surface area contributed by atoms with Gasteiger partial charge < -0.3 is 9.84 Å². The number of aliphatic hydroxyl groups excluding tert-OH is 1. The van der Waals surface area contributed by atoms with Gasteiger partial charge in [0.25, 0.3) is 0 Å². The first-order chi connectivity index (χ1) is 12.6. The molecule has 2 aliphatic rings. The molecule has 3 nitrogen and oxygen atoms in total. The Bertz CT molecular complexity index is 415. The molecular formula is C23H40O3. The van der Waals surface area contributed by atoms with Crippen LogP contribution in [0.3, 0.4) is 0 Å². The van der Waals surface area contributed by atoms with Crippen LogP contribution in [0.25, 0.3) is 0 Å². The first-order valence-electron chi connectivity index (χ1n) is 11.1. The molecule has 0 aromatic rings. The highest BCUT2D eigenvalue weighted by atomic mass is 16.5. The van der Waals surface area contributed by atoms with Crippen molar-refractivity contribution in [2.75, 3.05) is 6.61 Å². The fourth-order valence-electron chi connectivity index (χ4n) is 4.80. The number of rotatable bonds is 10. The summed E-state index contributed by atoms with van der Waals surface area (Å²) in [6.45, 7) is 5.52. The molecule has 0 amide bonds. The Morgan fingerprint density at radius 1 is 0.885 bits per heavy atom. The highest BCUT2D eigenvalue weighted by molar-refractivity contribution is 5.88. The smallest absolute Gasteiger partial charge is 0.336 e. The highest BCUT2D eigenvalue weighted by Crippen LogP contribution is 2.37. The molecule has 0 spiro atoms. The maximum Gasteiger partial charge on any atom is 0.336 e. The van der Waals surface area contributed by atoms with Crippen LogP contribution in [0.15, 0.2) is 12.2 Å². The second-order valence-corrected chi connectivity index (χ2v) is 8.77. The Morgan fingerprint density at radius 2 is 1.38 bits per heavy atom. The summed E-state index contributed by atoms with van der Waals surface area (Å²) in [5.74, 6) is 2.36. The zero-order valence-corrected chi connectivity index (χ0v) is 16.9. The van der Waals surface area contributed by atoms with E-state index in [9.17, 15) is 4.79 Å². The Hall–Kier alpha value is -0.830. The lowest BCUT2D eigenvalue weighted by Crippen LogP contribution is -2.26. The maximum absolute atomic E-state index is 11.7. The van der Waals surface area contributed by atoms with E-state index in [4.69, 9.17) is 9.84 Å². The molecule has 0 radical (unpaired) electrons.